The average Bonchev–Trinajstić information content (AvgIpc) is 2.83. The molecule has 2 aromatic rings. The van der Waals surface area contributed by atoms with Gasteiger partial charge in [0.25, 0.3) is 0 Å². The van der Waals surface area contributed by atoms with Gasteiger partial charge in [0.2, 0.25) is 0 Å². The molecule has 0 spiro atoms. The first-order chi connectivity index (χ1) is 9.69. The molecule has 0 fully saturated rings. The van der Waals surface area contributed by atoms with E-state index in [4.69, 9.17) is 0 Å². The summed E-state index contributed by atoms with van der Waals surface area (Å²) in [6, 6.07) is 9.19. The maximum atomic E-state index is 4.25. The minimum atomic E-state index is 0.517. The molecule has 0 bridgehead atoms. The molecule has 108 valence electrons. The summed E-state index contributed by atoms with van der Waals surface area (Å²) in [6.07, 6.45) is 7.42. The molecule has 0 aliphatic carbocycles. The monoisotopic (exact) mass is 271 g/mol. The standard InChI is InChI=1S/C17H25N3/c1-4-18-17(11-15-12-19-20(3)13-15)10-9-16-8-6-5-7-14(16)2/h5-8,12-13,17-18H,4,9-11H2,1-3H3. The van der Waals surface area contributed by atoms with Gasteiger partial charge in [0.15, 0.2) is 0 Å². The van der Waals surface area contributed by atoms with Gasteiger partial charge in [-0.15, -0.1) is 0 Å². The van der Waals surface area contributed by atoms with Crippen molar-refractivity contribution in [3.63, 3.8) is 0 Å². The lowest BCUT2D eigenvalue weighted by atomic mass is 9.98. The molecule has 3 heteroatoms. The molecular formula is C17H25N3. The van der Waals surface area contributed by atoms with Crippen molar-refractivity contribution in [1.82, 2.24) is 15.1 Å². The van der Waals surface area contributed by atoms with Gasteiger partial charge in [-0.3, -0.25) is 4.68 Å². The maximum absolute atomic E-state index is 4.25. The van der Waals surface area contributed by atoms with Crippen LogP contribution >= 0.6 is 0 Å². The van der Waals surface area contributed by atoms with Gasteiger partial charge >= 0.3 is 0 Å². The molecule has 0 radical (unpaired) electrons. The third kappa shape index (κ3) is 4.20. The molecule has 0 saturated carbocycles. The topological polar surface area (TPSA) is 29.9 Å². The number of hydrogen-bond acceptors (Lipinski definition) is 2. The van der Waals surface area contributed by atoms with Crippen LogP contribution in [0.15, 0.2) is 36.7 Å². The predicted octanol–water partition coefficient (Wildman–Crippen LogP) is 2.88. The van der Waals surface area contributed by atoms with Crippen LogP contribution in [0.3, 0.4) is 0 Å². The Morgan fingerprint density at radius 2 is 2.10 bits per heavy atom. The molecule has 1 aromatic heterocycles. The Morgan fingerprint density at radius 3 is 2.75 bits per heavy atom. The van der Waals surface area contributed by atoms with E-state index in [2.05, 4.69) is 54.7 Å². The Labute approximate surface area is 122 Å². The number of nitrogens with zero attached hydrogens (tertiary/aromatic N) is 2. The van der Waals surface area contributed by atoms with Crippen LogP contribution in [0.4, 0.5) is 0 Å². The summed E-state index contributed by atoms with van der Waals surface area (Å²) in [4.78, 5) is 0. The Kier molecular flexibility index (Phi) is 5.36. The zero-order valence-electron chi connectivity index (χ0n) is 12.8. The van der Waals surface area contributed by atoms with E-state index in [-0.39, 0.29) is 0 Å². The molecule has 1 N–H and O–H groups in total. The van der Waals surface area contributed by atoms with Crippen molar-refractivity contribution < 1.29 is 0 Å². The van der Waals surface area contributed by atoms with E-state index in [0.717, 1.165) is 25.8 Å². The van der Waals surface area contributed by atoms with E-state index >= 15 is 0 Å². The first-order valence-corrected chi connectivity index (χ1v) is 7.44. The van der Waals surface area contributed by atoms with Gasteiger partial charge in [0.1, 0.15) is 0 Å². The van der Waals surface area contributed by atoms with Gasteiger partial charge in [-0.25, -0.2) is 0 Å². The third-order valence-corrected chi connectivity index (χ3v) is 3.76. The number of benzene rings is 1. The van der Waals surface area contributed by atoms with Crippen LogP contribution in [0.25, 0.3) is 0 Å². The van der Waals surface area contributed by atoms with Gasteiger partial charge in [0.05, 0.1) is 6.20 Å². The maximum Gasteiger partial charge on any atom is 0.0522 e. The molecule has 1 atom stereocenters. The minimum absolute atomic E-state index is 0.517. The quantitative estimate of drug-likeness (QED) is 0.839. The third-order valence-electron chi connectivity index (χ3n) is 3.76. The zero-order valence-corrected chi connectivity index (χ0v) is 12.8. The fraction of sp³-hybridized carbons (Fsp3) is 0.471. The molecule has 1 unspecified atom stereocenters. The molecule has 0 saturated heterocycles. The summed E-state index contributed by atoms with van der Waals surface area (Å²) in [7, 11) is 1.97. The normalized spacial score (nSPS) is 12.6. The Morgan fingerprint density at radius 1 is 1.30 bits per heavy atom. The van der Waals surface area contributed by atoms with Crippen LogP contribution in [0, 0.1) is 6.92 Å². The highest BCUT2D eigenvalue weighted by Gasteiger charge is 2.10. The van der Waals surface area contributed by atoms with Crippen molar-refractivity contribution >= 4 is 0 Å². The molecule has 3 nitrogen and oxygen atoms in total. The van der Waals surface area contributed by atoms with E-state index in [9.17, 15) is 0 Å². The summed E-state index contributed by atoms with van der Waals surface area (Å²) in [5, 5.41) is 7.84. The summed E-state index contributed by atoms with van der Waals surface area (Å²) >= 11 is 0. The summed E-state index contributed by atoms with van der Waals surface area (Å²) < 4.78 is 1.87. The minimum Gasteiger partial charge on any atom is -0.314 e. The largest absolute Gasteiger partial charge is 0.314 e. The van der Waals surface area contributed by atoms with Crippen LogP contribution in [0.2, 0.25) is 0 Å². The predicted molar refractivity (Wildman–Crippen MR) is 83.9 cm³/mol. The molecular weight excluding hydrogens is 246 g/mol. The second kappa shape index (κ2) is 7.25. The first-order valence-electron chi connectivity index (χ1n) is 7.44. The first kappa shape index (κ1) is 14.8. The van der Waals surface area contributed by atoms with Crippen molar-refractivity contribution in [2.75, 3.05) is 6.54 Å². The molecule has 0 aliphatic heterocycles. The van der Waals surface area contributed by atoms with E-state index in [1.54, 1.807) is 0 Å². The number of aromatic nitrogens is 2. The van der Waals surface area contributed by atoms with Crippen molar-refractivity contribution in [3.8, 4) is 0 Å². The van der Waals surface area contributed by atoms with Gasteiger partial charge in [-0.05, 0) is 49.4 Å². The summed E-state index contributed by atoms with van der Waals surface area (Å²) in [5.41, 5.74) is 4.16. The summed E-state index contributed by atoms with van der Waals surface area (Å²) in [5.74, 6) is 0. The lowest BCUT2D eigenvalue weighted by Crippen LogP contribution is -2.31. The molecule has 0 amide bonds. The summed E-state index contributed by atoms with van der Waals surface area (Å²) in [6.45, 7) is 5.38. The van der Waals surface area contributed by atoms with Crippen LogP contribution in [0.5, 0.6) is 0 Å². The second-order valence-electron chi connectivity index (χ2n) is 5.45. The molecule has 1 aromatic carbocycles. The smallest absolute Gasteiger partial charge is 0.0522 e. The lowest BCUT2D eigenvalue weighted by Gasteiger charge is -2.17. The van der Waals surface area contributed by atoms with Gasteiger partial charge < -0.3 is 5.32 Å². The van der Waals surface area contributed by atoms with E-state index in [0.29, 0.717) is 6.04 Å². The van der Waals surface area contributed by atoms with Crippen molar-refractivity contribution in [2.45, 2.75) is 39.2 Å². The second-order valence-corrected chi connectivity index (χ2v) is 5.45. The number of nitrogens with one attached hydrogen (secondary N) is 1. The molecule has 1 heterocycles. The number of hydrogen-bond donors (Lipinski definition) is 1. The fourth-order valence-electron chi connectivity index (χ4n) is 2.65. The highest BCUT2D eigenvalue weighted by molar-refractivity contribution is 5.25. The van der Waals surface area contributed by atoms with E-state index in [1.165, 1.54) is 16.7 Å². The van der Waals surface area contributed by atoms with E-state index < -0.39 is 0 Å². The van der Waals surface area contributed by atoms with Crippen LogP contribution in [-0.2, 0) is 19.9 Å². The van der Waals surface area contributed by atoms with Crippen LogP contribution in [-0.4, -0.2) is 22.4 Å². The van der Waals surface area contributed by atoms with Gasteiger partial charge in [-0.2, -0.15) is 5.10 Å². The van der Waals surface area contributed by atoms with Crippen molar-refractivity contribution in [1.29, 1.82) is 0 Å². The van der Waals surface area contributed by atoms with E-state index in [1.807, 2.05) is 17.9 Å². The number of rotatable bonds is 7. The molecule has 20 heavy (non-hydrogen) atoms. The van der Waals surface area contributed by atoms with Crippen LogP contribution in [0.1, 0.15) is 30.0 Å². The van der Waals surface area contributed by atoms with Crippen LogP contribution < -0.4 is 5.32 Å². The van der Waals surface area contributed by atoms with Gasteiger partial charge in [-0.1, -0.05) is 31.2 Å². The Balaban J connectivity index is 1.94. The van der Waals surface area contributed by atoms with Gasteiger partial charge in [0, 0.05) is 19.3 Å². The SMILES string of the molecule is CCNC(CCc1ccccc1C)Cc1cnn(C)c1. The molecule has 0 aliphatic rings. The lowest BCUT2D eigenvalue weighted by molar-refractivity contribution is 0.490. The van der Waals surface area contributed by atoms with Crippen molar-refractivity contribution in [3.05, 3.63) is 53.3 Å². The number of aryl methyl sites for hydroxylation is 3. The number of likely N-dealkylation sites (N-methyl/N-ethyl adjacent to an activating group) is 1. The Bertz CT molecular complexity index is 531. The zero-order chi connectivity index (χ0) is 14.4. The fourth-order valence-corrected chi connectivity index (χ4v) is 2.65. The molecule has 2 rings (SSSR count). The highest BCUT2D eigenvalue weighted by atomic mass is 15.2. The Hall–Kier alpha value is -1.61. The highest BCUT2D eigenvalue weighted by Crippen LogP contribution is 2.13. The average molecular weight is 271 g/mol. The van der Waals surface area contributed by atoms with Crippen molar-refractivity contribution in [2.24, 2.45) is 7.05 Å².